The summed E-state index contributed by atoms with van der Waals surface area (Å²) in [5.74, 6) is 2.76. The Hall–Kier alpha value is -0.700. The van der Waals surface area contributed by atoms with E-state index in [0.717, 1.165) is 30.3 Å². The predicted molar refractivity (Wildman–Crippen MR) is 73.3 cm³/mol. The molecular formula is C14H19BrO2. The smallest absolute Gasteiger partial charge is 0.122 e. The van der Waals surface area contributed by atoms with Crippen LogP contribution in [0.4, 0.5) is 0 Å². The summed E-state index contributed by atoms with van der Waals surface area (Å²) in [6.07, 6.45) is 4.96. The maximum atomic E-state index is 5.38. The molecule has 0 N–H and O–H groups in total. The van der Waals surface area contributed by atoms with Crippen LogP contribution in [0.25, 0.3) is 0 Å². The van der Waals surface area contributed by atoms with Gasteiger partial charge in [0.15, 0.2) is 0 Å². The summed E-state index contributed by atoms with van der Waals surface area (Å²) < 4.78 is 10.6. The standard InChI is InChI=1S/C14H19BrO2/c1-16-12-6-8-14(17-2)11(9-12)5-7-13(15)10-3-4-10/h6,8-10,13H,3-5,7H2,1-2H3. The minimum Gasteiger partial charge on any atom is -0.497 e. The molecule has 0 aromatic heterocycles. The number of benzene rings is 1. The molecule has 1 fully saturated rings. The van der Waals surface area contributed by atoms with Gasteiger partial charge in [-0.05, 0) is 55.4 Å². The summed E-state index contributed by atoms with van der Waals surface area (Å²) in [5.41, 5.74) is 1.23. The Kier molecular flexibility index (Phi) is 4.32. The fourth-order valence-corrected chi connectivity index (χ4v) is 2.82. The molecule has 17 heavy (non-hydrogen) atoms. The zero-order valence-electron chi connectivity index (χ0n) is 10.4. The van der Waals surface area contributed by atoms with E-state index >= 15 is 0 Å². The molecule has 0 spiro atoms. The van der Waals surface area contributed by atoms with Crippen molar-refractivity contribution in [2.75, 3.05) is 14.2 Å². The highest BCUT2D eigenvalue weighted by Crippen LogP contribution is 2.39. The van der Waals surface area contributed by atoms with E-state index in [1.807, 2.05) is 12.1 Å². The number of hydrogen-bond donors (Lipinski definition) is 0. The van der Waals surface area contributed by atoms with Crippen molar-refractivity contribution in [1.29, 1.82) is 0 Å². The lowest BCUT2D eigenvalue weighted by atomic mass is 10.0. The molecule has 1 aliphatic rings. The van der Waals surface area contributed by atoms with Crippen molar-refractivity contribution in [3.63, 3.8) is 0 Å². The number of halogens is 1. The van der Waals surface area contributed by atoms with Gasteiger partial charge in [0, 0.05) is 4.83 Å². The van der Waals surface area contributed by atoms with Gasteiger partial charge in [0.05, 0.1) is 14.2 Å². The number of aryl methyl sites for hydroxylation is 1. The minimum absolute atomic E-state index is 0.651. The minimum atomic E-state index is 0.651. The van der Waals surface area contributed by atoms with Crippen molar-refractivity contribution in [3.8, 4) is 11.5 Å². The molecule has 0 amide bonds. The molecule has 1 unspecified atom stereocenters. The summed E-state index contributed by atoms with van der Waals surface area (Å²) in [6, 6.07) is 5.99. The van der Waals surface area contributed by atoms with E-state index in [4.69, 9.17) is 9.47 Å². The zero-order valence-corrected chi connectivity index (χ0v) is 12.0. The van der Waals surface area contributed by atoms with Crippen LogP contribution in [0, 0.1) is 5.92 Å². The topological polar surface area (TPSA) is 18.5 Å². The van der Waals surface area contributed by atoms with Gasteiger partial charge in [-0.2, -0.15) is 0 Å². The molecule has 0 aliphatic heterocycles. The normalized spacial score (nSPS) is 16.6. The molecule has 0 saturated heterocycles. The van der Waals surface area contributed by atoms with Gasteiger partial charge in [-0.1, -0.05) is 15.9 Å². The van der Waals surface area contributed by atoms with E-state index in [9.17, 15) is 0 Å². The van der Waals surface area contributed by atoms with Gasteiger partial charge < -0.3 is 9.47 Å². The maximum Gasteiger partial charge on any atom is 0.122 e. The third-order valence-corrected chi connectivity index (χ3v) is 4.52. The van der Waals surface area contributed by atoms with Gasteiger partial charge >= 0.3 is 0 Å². The first-order valence-electron chi connectivity index (χ1n) is 6.09. The summed E-state index contributed by atoms with van der Waals surface area (Å²) in [4.78, 5) is 0.651. The van der Waals surface area contributed by atoms with Crippen LogP contribution in [-0.4, -0.2) is 19.0 Å². The van der Waals surface area contributed by atoms with E-state index in [-0.39, 0.29) is 0 Å². The molecule has 1 atom stereocenters. The molecular weight excluding hydrogens is 280 g/mol. The highest BCUT2D eigenvalue weighted by molar-refractivity contribution is 9.09. The monoisotopic (exact) mass is 298 g/mol. The van der Waals surface area contributed by atoms with Gasteiger partial charge in [0.2, 0.25) is 0 Å². The Balaban J connectivity index is 2.01. The van der Waals surface area contributed by atoms with E-state index in [2.05, 4.69) is 22.0 Å². The molecule has 1 aromatic carbocycles. The quantitative estimate of drug-likeness (QED) is 0.744. The number of rotatable bonds is 6. The van der Waals surface area contributed by atoms with Crippen molar-refractivity contribution in [3.05, 3.63) is 23.8 Å². The number of methoxy groups -OCH3 is 2. The van der Waals surface area contributed by atoms with Gasteiger partial charge in [-0.15, -0.1) is 0 Å². The summed E-state index contributed by atoms with van der Waals surface area (Å²) >= 11 is 3.77. The average molecular weight is 299 g/mol. The van der Waals surface area contributed by atoms with Gasteiger partial charge in [0.1, 0.15) is 11.5 Å². The second-order valence-corrected chi connectivity index (χ2v) is 5.75. The molecule has 3 heteroatoms. The van der Waals surface area contributed by atoms with Crippen LogP contribution in [0.3, 0.4) is 0 Å². The molecule has 2 nitrogen and oxygen atoms in total. The lowest BCUT2D eigenvalue weighted by Gasteiger charge is -2.12. The Bertz CT molecular complexity index is 374. The van der Waals surface area contributed by atoms with Crippen LogP contribution < -0.4 is 9.47 Å². The van der Waals surface area contributed by atoms with Crippen LogP contribution in [0.15, 0.2) is 18.2 Å². The van der Waals surface area contributed by atoms with Crippen molar-refractivity contribution in [1.82, 2.24) is 0 Å². The Morgan fingerprint density at radius 2 is 2.06 bits per heavy atom. The molecule has 0 heterocycles. The molecule has 0 bridgehead atoms. The van der Waals surface area contributed by atoms with Crippen LogP contribution in [0.2, 0.25) is 0 Å². The van der Waals surface area contributed by atoms with Gasteiger partial charge in [-0.3, -0.25) is 0 Å². The van der Waals surface area contributed by atoms with Crippen LogP contribution in [-0.2, 0) is 6.42 Å². The van der Waals surface area contributed by atoms with Gasteiger partial charge in [0.25, 0.3) is 0 Å². The molecule has 94 valence electrons. The Labute approximate surface area is 111 Å². The Morgan fingerprint density at radius 1 is 1.29 bits per heavy atom. The molecule has 0 radical (unpaired) electrons. The second-order valence-electron chi connectivity index (χ2n) is 4.57. The number of hydrogen-bond acceptors (Lipinski definition) is 2. The fraction of sp³-hybridized carbons (Fsp3) is 0.571. The molecule has 1 aromatic rings. The van der Waals surface area contributed by atoms with E-state index in [1.54, 1.807) is 14.2 Å². The van der Waals surface area contributed by atoms with E-state index < -0.39 is 0 Å². The zero-order chi connectivity index (χ0) is 12.3. The summed E-state index contributed by atoms with van der Waals surface area (Å²) in [7, 11) is 3.42. The molecule has 1 saturated carbocycles. The number of alkyl halides is 1. The highest BCUT2D eigenvalue weighted by atomic mass is 79.9. The number of ether oxygens (including phenoxy) is 2. The lowest BCUT2D eigenvalue weighted by molar-refractivity contribution is 0.398. The maximum absolute atomic E-state index is 5.38. The van der Waals surface area contributed by atoms with Crippen molar-refractivity contribution >= 4 is 15.9 Å². The molecule has 1 aliphatic carbocycles. The first-order chi connectivity index (χ1) is 8.24. The van der Waals surface area contributed by atoms with Crippen LogP contribution in [0.1, 0.15) is 24.8 Å². The SMILES string of the molecule is COc1ccc(OC)c(CCC(Br)C2CC2)c1. The fourth-order valence-electron chi connectivity index (χ4n) is 2.06. The van der Waals surface area contributed by atoms with Gasteiger partial charge in [-0.25, -0.2) is 0 Å². The van der Waals surface area contributed by atoms with E-state index in [0.29, 0.717) is 4.83 Å². The second kappa shape index (κ2) is 5.76. The highest BCUT2D eigenvalue weighted by Gasteiger charge is 2.28. The third kappa shape index (κ3) is 3.38. The first-order valence-corrected chi connectivity index (χ1v) is 7.01. The Morgan fingerprint density at radius 3 is 2.65 bits per heavy atom. The predicted octanol–water partition coefficient (Wildman–Crippen LogP) is 3.81. The van der Waals surface area contributed by atoms with Crippen molar-refractivity contribution < 1.29 is 9.47 Å². The summed E-state index contributed by atoms with van der Waals surface area (Å²) in [5, 5.41) is 0. The average Bonchev–Trinajstić information content (AvgIpc) is 3.19. The van der Waals surface area contributed by atoms with Crippen molar-refractivity contribution in [2.45, 2.75) is 30.5 Å². The first kappa shape index (κ1) is 12.7. The van der Waals surface area contributed by atoms with Crippen LogP contribution in [0.5, 0.6) is 11.5 Å². The summed E-state index contributed by atoms with van der Waals surface area (Å²) in [6.45, 7) is 0. The lowest BCUT2D eigenvalue weighted by Crippen LogP contribution is -2.03. The molecule has 2 rings (SSSR count). The van der Waals surface area contributed by atoms with Crippen molar-refractivity contribution in [2.24, 2.45) is 5.92 Å². The van der Waals surface area contributed by atoms with E-state index in [1.165, 1.54) is 18.4 Å². The van der Waals surface area contributed by atoms with Crippen LogP contribution >= 0.6 is 15.9 Å². The third-order valence-electron chi connectivity index (χ3n) is 3.31. The largest absolute Gasteiger partial charge is 0.497 e.